The molecule has 0 saturated heterocycles. The Bertz CT molecular complexity index is 335. The van der Waals surface area contributed by atoms with Crippen LogP contribution in [-0.4, -0.2) is 22.7 Å². The molecule has 0 amide bonds. The highest BCUT2D eigenvalue weighted by Gasteiger charge is 2.30. The summed E-state index contributed by atoms with van der Waals surface area (Å²) in [5.41, 5.74) is 3.12. The smallest absolute Gasteiger partial charge is 0.0150 e. The molecule has 3 heteroatoms. The minimum atomic E-state index is 0.237. The molecule has 0 aromatic heterocycles. The van der Waals surface area contributed by atoms with Crippen LogP contribution in [0.1, 0.15) is 24.0 Å². The number of hydrogen-bond acceptors (Lipinski definition) is 1. The van der Waals surface area contributed by atoms with Crippen LogP contribution in [-0.2, 0) is 5.41 Å². The quantitative estimate of drug-likeness (QED) is 0.465. The van der Waals surface area contributed by atoms with Gasteiger partial charge in [0.25, 0.3) is 0 Å². The van der Waals surface area contributed by atoms with Crippen LogP contribution in [0.25, 0.3) is 0 Å². The monoisotopic (exact) mass is 378 g/mol. The normalized spacial score (nSPS) is 11.8. The molecular formula is C14H20Br2S. The van der Waals surface area contributed by atoms with E-state index >= 15 is 0 Å². The third-order valence-electron chi connectivity index (χ3n) is 3.23. The number of thioether (sulfide) groups is 1. The number of aryl methyl sites for hydroxylation is 1. The molecule has 17 heavy (non-hydrogen) atoms. The van der Waals surface area contributed by atoms with Gasteiger partial charge in [-0.05, 0) is 42.9 Å². The van der Waals surface area contributed by atoms with E-state index in [-0.39, 0.29) is 5.41 Å². The van der Waals surface area contributed by atoms with Gasteiger partial charge in [-0.2, -0.15) is 11.8 Å². The molecule has 1 aromatic rings. The average Bonchev–Trinajstić information content (AvgIpc) is 2.36. The first-order chi connectivity index (χ1) is 8.20. The molecule has 0 heterocycles. The summed E-state index contributed by atoms with van der Waals surface area (Å²) in [6.45, 7) is 2.21. The van der Waals surface area contributed by atoms with E-state index in [1.807, 2.05) is 11.8 Å². The SMILES string of the molecule is CSCCCC(CBr)(CBr)c1ccccc1C. The molecule has 0 bridgehead atoms. The lowest BCUT2D eigenvalue weighted by molar-refractivity contribution is 0.497. The molecule has 0 aliphatic carbocycles. The number of halogens is 2. The van der Waals surface area contributed by atoms with Gasteiger partial charge in [0, 0.05) is 16.1 Å². The lowest BCUT2D eigenvalue weighted by atomic mass is 9.78. The largest absolute Gasteiger partial charge is 0.165 e. The second-order valence-corrected chi connectivity index (χ2v) is 6.57. The van der Waals surface area contributed by atoms with Gasteiger partial charge in [0.05, 0.1) is 0 Å². The van der Waals surface area contributed by atoms with Crippen molar-refractivity contribution in [2.24, 2.45) is 0 Å². The fourth-order valence-electron chi connectivity index (χ4n) is 2.17. The molecule has 0 unspecified atom stereocenters. The second-order valence-electron chi connectivity index (χ2n) is 4.46. The molecule has 0 atom stereocenters. The van der Waals surface area contributed by atoms with E-state index in [1.54, 1.807) is 0 Å². The van der Waals surface area contributed by atoms with Crippen molar-refractivity contribution in [2.75, 3.05) is 22.7 Å². The van der Waals surface area contributed by atoms with Crippen LogP contribution in [0.2, 0.25) is 0 Å². The number of benzene rings is 1. The van der Waals surface area contributed by atoms with E-state index in [9.17, 15) is 0 Å². The third kappa shape index (κ3) is 4.00. The van der Waals surface area contributed by atoms with E-state index in [1.165, 1.54) is 29.7 Å². The van der Waals surface area contributed by atoms with Crippen molar-refractivity contribution in [1.82, 2.24) is 0 Å². The summed E-state index contributed by atoms with van der Waals surface area (Å²) in [6.07, 6.45) is 4.68. The van der Waals surface area contributed by atoms with Crippen molar-refractivity contribution in [1.29, 1.82) is 0 Å². The van der Waals surface area contributed by atoms with Gasteiger partial charge in [0.1, 0.15) is 0 Å². The molecular weight excluding hydrogens is 360 g/mol. The van der Waals surface area contributed by atoms with Crippen molar-refractivity contribution >= 4 is 43.6 Å². The van der Waals surface area contributed by atoms with Gasteiger partial charge < -0.3 is 0 Å². The fourth-order valence-corrected chi connectivity index (χ4v) is 4.70. The lowest BCUT2D eigenvalue weighted by Gasteiger charge is -2.32. The zero-order valence-electron chi connectivity index (χ0n) is 10.5. The molecule has 1 aromatic carbocycles. The zero-order chi connectivity index (χ0) is 12.7. The molecule has 0 aliphatic heterocycles. The predicted molar refractivity (Wildman–Crippen MR) is 88.1 cm³/mol. The second kappa shape index (κ2) is 7.85. The maximum atomic E-state index is 3.72. The summed E-state index contributed by atoms with van der Waals surface area (Å²) in [5.74, 6) is 1.24. The number of rotatable bonds is 7. The van der Waals surface area contributed by atoms with Crippen LogP contribution in [0.3, 0.4) is 0 Å². The maximum absolute atomic E-state index is 3.72. The Morgan fingerprint density at radius 2 is 1.82 bits per heavy atom. The van der Waals surface area contributed by atoms with Gasteiger partial charge >= 0.3 is 0 Å². The molecule has 0 radical (unpaired) electrons. The Morgan fingerprint density at radius 1 is 1.18 bits per heavy atom. The molecule has 0 N–H and O–H groups in total. The van der Waals surface area contributed by atoms with Crippen molar-refractivity contribution in [3.8, 4) is 0 Å². The van der Waals surface area contributed by atoms with Gasteiger partial charge in [0.15, 0.2) is 0 Å². The van der Waals surface area contributed by atoms with Gasteiger partial charge in [0.2, 0.25) is 0 Å². The molecule has 1 rings (SSSR count). The van der Waals surface area contributed by atoms with Crippen LogP contribution >= 0.6 is 43.6 Å². The highest BCUT2D eigenvalue weighted by atomic mass is 79.9. The molecule has 0 nitrogen and oxygen atoms in total. The van der Waals surface area contributed by atoms with E-state index in [0.717, 1.165) is 10.7 Å². The molecule has 0 saturated carbocycles. The topological polar surface area (TPSA) is 0 Å². The van der Waals surface area contributed by atoms with Crippen LogP contribution in [0.15, 0.2) is 24.3 Å². The van der Waals surface area contributed by atoms with Crippen LogP contribution in [0.5, 0.6) is 0 Å². The minimum Gasteiger partial charge on any atom is -0.165 e. The Labute approximate surface area is 126 Å². The summed E-state index contributed by atoms with van der Waals surface area (Å²) in [6, 6.07) is 8.76. The lowest BCUT2D eigenvalue weighted by Crippen LogP contribution is -2.31. The van der Waals surface area contributed by atoms with Gasteiger partial charge in [-0.1, -0.05) is 56.1 Å². The number of alkyl halides is 2. The first kappa shape index (κ1) is 15.6. The Kier molecular flexibility index (Phi) is 7.20. The standard InChI is InChI=1S/C14H20Br2S/c1-12-6-3-4-7-13(12)14(10-15,11-16)8-5-9-17-2/h3-4,6-7H,5,8-11H2,1-2H3. The maximum Gasteiger partial charge on any atom is 0.0150 e. The summed E-state index contributed by atoms with van der Waals surface area (Å²) in [4.78, 5) is 0. The highest BCUT2D eigenvalue weighted by molar-refractivity contribution is 9.09. The van der Waals surface area contributed by atoms with Gasteiger partial charge in [-0.25, -0.2) is 0 Å². The first-order valence-electron chi connectivity index (χ1n) is 5.87. The Hall–Kier alpha value is 0.530. The van der Waals surface area contributed by atoms with Gasteiger partial charge in [-0.15, -0.1) is 0 Å². The molecule has 0 aliphatic rings. The van der Waals surface area contributed by atoms with Crippen LogP contribution in [0, 0.1) is 6.92 Å². The third-order valence-corrected chi connectivity index (χ3v) is 6.08. The number of hydrogen-bond donors (Lipinski definition) is 0. The average molecular weight is 380 g/mol. The van der Waals surface area contributed by atoms with Crippen molar-refractivity contribution < 1.29 is 0 Å². The van der Waals surface area contributed by atoms with Crippen molar-refractivity contribution in [2.45, 2.75) is 25.2 Å². The van der Waals surface area contributed by atoms with E-state index in [4.69, 9.17) is 0 Å². The Balaban J connectivity index is 2.94. The fraction of sp³-hybridized carbons (Fsp3) is 0.571. The van der Waals surface area contributed by atoms with Crippen molar-refractivity contribution in [3.63, 3.8) is 0 Å². The summed E-state index contributed by atoms with van der Waals surface area (Å²) in [7, 11) is 0. The van der Waals surface area contributed by atoms with Gasteiger partial charge in [-0.3, -0.25) is 0 Å². The molecule has 96 valence electrons. The highest BCUT2D eigenvalue weighted by Crippen LogP contribution is 2.35. The van der Waals surface area contributed by atoms with Crippen LogP contribution in [0.4, 0.5) is 0 Å². The predicted octanol–water partition coefficient (Wildman–Crippen LogP) is 5.17. The summed E-state index contributed by atoms with van der Waals surface area (Å²) < 4.78 is 0. The zero-order valence-corrected chi connectivity index (χ0v) is 14.5. The first-order valence-corrected chi connectivity index (χ1v) is 9.51. The molecule has 0 fully saturated rings. The van der Waals surface area contributed by atoms with E-state index < -0.39 is 0 Å². The van der Waals surface area contributed by atoms with Crippen molar-refractivity contribution in [3.05, 3.63) is 35.4 Å². The minimum absolute atomic E-state index is 0.237. The molecule has 0 spiro atoms. The summed E-state index contributed by atoms with van der Waals surface area (Å²) >= 11 is 9.37. The van der Waals surface area contributed by atoms with Crippen LogP contribution < -0.4 is 0 Å². The summed E-state index contributed by atoms with van der Waals surface area (Å²) in [5, 5.41) is 2.04. The Morgan fingerprint density at radius 3 is 2.35 bits per heavy atom. The van der Waals surface area contributed by atoms with E-state index in [0.29, 0.717) is 0 Å². The van der Waals surface area contributed by atoms with E-state index in [2.05, 4.69) is 69.3 Å².